The van der Waals surface area contributed by atoms with E-state index in [0.29, 0.717) is 5.02 Å². The summed E-state index contributed by atoms with van der Waals surface area (Å²) < 4.78 is 0. The number of anilines is 1. The number of halogens is 1. The van der Waals surface area contributed by atoms with Crippen molar-refractivity contribution in [3.63, 3.8) is 0 Å². The van der Waals surface area contributed by atoms with E-state index in [2.05, 4.69) is 10.6 Å². The Kier molecular flexibility index (Phi) is 2.65. The molecule has 2 N–H and O–H groups in total. The number of benzene rings is 1. The van der Waals surface area contributed by atoms with E-state index in [4.69, 9.17) is 11.6 Å². The summed E-state index contributed by atoms with van der Waals surface area (Å²) in [4.78, 5) is 12.0. The summed E-state index contributed by atoms with van der Waals surface area (Å²) in [5.74, 6) is 0.0131. The second kappa shape index (κ2) is 4.17. The molecule has 3 rings (SSSR count). The summed E-state index contributed by atoms with van der Waals surface area (Å²) in [7, 11) is 0. The van der Waals surface area contributed by atoms with Crippen molar-refractivity contribution in [2.45, 2.75) is 12.8 Å². The van der Waals surface area contributed by atoms with Gasteiger partial charge in [0, 0.05) is 21.8 Å². The molecule has 0 aromatic heterocycles. The van der Waals surface area contributed by atoms with E-state index >= 15 is 0 Å². The van der Waals surface area contributed by atoms with Crippen molar-refractivity contribution in [1.82, 2.24) is 5.32 Å². The van der Waals surface area contributed by atoms with Gasteiger partial charge < -0.3 is 10.6 Å². The van der Waals surface area contributed by atoms with Crippen molar-refractivity contribution in [2.75, 3.05) is 18.4 Å². The molecule has 0 spiro atoms. The standard InChI is InChI=1S/C13H13ClN2O/c14-9-1-2-11-10(7-9)12(13(17)16-11)8-3-5-15-6-4-8/h1-2,7,15H,3-6H2,(H,16,17). The van der Waals surface area contributed by atoms with Crippen LogP contribution in [0.5, 0.6) is 0 Å². The van der Waals surface area contributed by atoms with Crippen LogP contribution in [-0.4, -0.2) is 19.0 Å². The fraction of sp³-hybridized carbons (Fsp3) is 0.308. The molecular formula is C13H13ClN2O. The van der Waals surface area contributed by atoms with Crippen molar-refractivity contribution < 1.29 is 4.79 Å². The van der Waals surface area contributed by atoms with Gasteiger partial charge in [-0.3, -0.25) is 4.79 Å². The highest BCUT2D eigenvalue weighted by molar-refractivity contribution is 6.35. The minimum atomic E-state index is 0.0131. The molecule has 1 fully saturated rings. The summed E-state index contributed by atoms with van der Waals surface area (Å²) >= 11 is 6.00. The normalized spacial score (nSPS) is 19.2. The largest absolute Gasteiger partial charge is 0.321 e. The number of hydrogen-bond donors (Lipinski definition) is 2. The number of carbonyl (C=O) groups is 1. The van der Waals surface area contributed by atoms with E-state index in [1.165, 1.54) is 5.57 Å². The first kappa shape index (κ1) is 10.8. The van der Waals surface area contributed by atoms with Crippen LogP contribution in [-0.2, 0) is 4.79 Å². The third-order valence-corrected chi connectivity index (χ3v) is 3.52. The first-order chi connectivity index (χ1) is 8.25. The van der Waals surface area contributed by atoms with Gasteiger partial charge in [0.2, 0.25) is 0 Å². The maximum Gasteiger partial charge on any atom is 0.256 e. The lowest BCUT2D eigenvalue weighted by Crippen LogP contribution is -2.24. The van der Waals surface area contributed by atoms with Crippen molar-refractivity contribution in [2.24, 2.45) is 0 Å². The van der Waals surface area contributed by atoms with Crippen LogP contribution in [0.4, 0.5) is 5.69 Å². The zero-order valence-corrected chi connectivity index (χ0v) is 10.1. The number of carbonyl (C=O) groups excluding carboxylic acids is 1. The van der Waals surface area contributed by atoms with Gasteiger partial charge in [0.15, 0.2) is 0 Å². The SMILES string of the molecule is O=C1Nc2ccc(Cl)cc2C1=C1CCNCC1. The molecule has 88 valence electrons. The molecular weight excluding hydrogens is 236 g/mol. The third-order valence-electron chi connectivity index (χ3n) is 3.29. The van der Waals surface area contributed by atoms with Crippen molar-refractivity contribution in [3.05, 3.63) is 34.4 Å². The molecule has 0 radical (unpaired) electrons. The molecule has 17 heavy (non-hydrogen) atoms. The van der Waals surface area contributed by atoms with Gasteiger partial charge in [0.1, 0.15) is 0 Å². The van der Waals surface area contributed by atoms with E-state index in [0.717, 1.165) is 42.8 Å². The van der Waals surface area contributed by atoms with E-state index < -0.39 is 0 Å². The molecule has 2 aliphatic rings. The van der Waals surface area contributed by atoms with Gasteiger partial charge in [-0.25, -0.2) is 0 Å². The lowest BCUT2D eigenvalue weighted by atomic mass is 9.95. The van der Waals surface area contributed by atoms with Gasteiger partial charge in [0.05, 0.1) is 0 Å². The number of hydrogen-bond acceptors (Lipinski definition) is 2. The van der Waals surface area contributed by atoms with Crippen LogP contribution in [0.1, 0.15) is 18.4 Å². The molecule has 0 aliphatic carbocycles. The van der Waals surface area contributed by atoms with Gasteiger partial charge in [-0.2, -0.15) is 0 Å². The molecule has 2 aliphatic heterocycles. The van der Waals surface area contributed by atoms with Crippen LogP contribution in [0.2, 0.25) is 5.02 Å². The second-order valence-corrected chi connectivity index (χ2v) is 4.81. The molecule has 1 aromatic rings. The minimum absolute atomic E-state index is 0.0131. The van der Waals surface area contributed by atoms with Crippen LogP contribution in [0.15, 0.2) is 23.8 Å². The van der Waals surface area contributed by atoms with E-state index in [1.54, 1.807) is 6.07 Å². The number of piperidine rings is 1. The molecule has 4 heteroatoms. The van der Waals surface area contributed by atoms with Crippen LogP contribution < -0.4 is 10.6 Å². The number of nitrogens with one attached hydrogen (secondary N) is 2. The molecule has 0 saturated carbocycles. The quantitative estimate of drug-likeness (QED) is 0.693. The topological polar surface area (TPSA) is 41.1 Å². The Balaban J connectivity index is 2.12. The Morgan fingerprint density at radius 3 is 2.71 bits per heavy atom. The highest BCUT2D eigenvalue weighted by Gasteiger charge is 2.27. The van der Waals surface area contributed by atoms with Crippen LogP contribution in [0.3, 0.4) is 0 Å². The molecule has 0 atom stereocenters. The Labute approximate surface area is 105 Å². The average molecular weight is 249 g/mol. The summed E-state index contributed by atoms with van der Waals surface area (Å²) in [6, 6.07) is 5.54. The predicted octanol–water partition coefficient (Wildman–Crippen LogP) is 2.43. The highest BCUT2D eigenvalue weighted by Crippen LogP contribution is 2.37. The van der Waals surface area contributed by atoms with Crippen LogP contribution >= 0.6 is 11.6 Å². The van der Waals surface area contributed by atoms with Gasteiger partial charge in [0.25, 0.3) is 5.91 Å². The summed E-state index contributed by atoms with van der Waals surface area (Å²) in [5.41, 5.74) is 3.91. The monoisotopic (exact) mass is 248 g/mol. The minimum Gasteiger partial charge on any atom is -0.321 e. The van der Waals surface area contributed by atoms with Crippen molar-refractivity contribution in [3.8, 4) is 0 Å². The number of rotatable bonds is 0. The predicted molar refractivity (Wildman–Crippen MR) is 69.1 cm³/mol. The third kappa shape index (κ3) is 1.85. The van der Waals surface area contributed by atoms with E-state index in [-0.39, 0.29) is 5.91 Å². The first-order valence-electron chi connectivity index (χ1n) is 5.80. The molecule has 2 heterocycles. The van der Waals surface area contributed by atoms with Gasteiger partial charge >= 0.3 is 0 Å². The first-order valence-corrected chi connectivity index (χ1v) is 6.17. The fourth-order valence-corrected chi connectivity index (χ4v) is 2.64. The Morgan fingerprint density at radius 1 is 1.18 bits per heavy atom. The zero-order valence-electron chi connectivity index (χ0n) is 9.35. The highest BCUT2D eigenvalue weighted by atomic mass is 35.5. The lowest BCUT2D eigenvalue weighted by molar-refractivity contribution is -0.110. The fourth-order valence-electron chi connectivity index (χ4n) is 2.47. The van der Waals surface area contributed by atoms with Gasteiger partial charge in [-0.15, -0.1) is 0 Å². The Bertz CT molecular complexity index is 514. The molecule has 1 saturated heterocycles. The molecule has 3 nitrogen and oxygen atoms in total. The lowest BCUT2D eigenvalue weighted by Gasteiger charge is -2.17. The van der Waals surface area contributed by atoms with Gasteiger partial charge in [-0.1, -0.05) is 17.2 Å². The second-order valence-electron chi connectivity index (χ2n) is 4.37. The molecule has 0 bridgehead atoms. The maximum atomic E-state index is 12.0. The van der Waals surface area contributed by atoms with Gasteiger partial charge in [-0.05, 0) is 44.1 Å². The van der Waals surface area contributed by atoms with E-state index in [1.807, 2.05) is 12.1 Å². The van der Waals surface area contributed by atoms with Crippen LogP contribution in [0, 0.1) is 0 Å². The summed E-state index contributed by atoms with van der Waals surface area (Å²) in [6.07, 6.45) is 1.88. The maximum absolute atomic E-state index is 12.0. The summed E-state index contributed by atoms with van der Waals surface area (Å²) in [6.45, 7) is 1.89. The number of fused-ring (bicyclic) bond motifs is 1. The Hall–Kier alpha value is -1.32. The van der Waals surface area contributed by atoms with Crippen molar-refractivity contribution >= 4 is 28.8 Å². The smallest absolute Gasteiger partial charge is 0.256 e. The zero-order chi connectivity index (χ0) is 11.8. The Morgan fingerprint density at radius 2 is 1.94 bits per heavy atom. The molecule has 1 amide bonds. The molecule has 0 unspecified atom stereocenters. The average Bonchev–Trinajstić information content (AvgIpc) is 2.65. The van der Waals surface area contributed by atoms with E-state index in [9.17, 15) is 4.79 Å². The number of amides is 1. The summed E-state index contributed by atoms with van der Waals surface area (Å²) in [5, 5.41) is 6.87. The van der Waals surface area contributed by atoms with Crippen LogP contribution in [0.25, 0.3) is 5.57 Å². The molecule has 1 aromatic carbocycles. The van der Waals surface area contributed by atoms with Crippen molar-refractivity contribution in [1.29, 1.82) is 0 Å².